The summed E-state index contributed by atoms with van der Waals surface area (Å²) in [6.45, 7) is 0. The fourth-order valence-corrected chi connectivity index (χ4v) is 0.808. The molecular formula is C9H15NO3S. The van der Waals surface area contributed by atoms with Crippen molar-refractivity contribution in [2.75, 3.05) is 27.1 Å². The number of hydrogen-bond acceptors (Lipinski definition) is 5. The molecule has 1 aromatic carbocycles. The number of ether oxygens (including phenoxy) is 1. The third kappa shape index (κ3) is 6.59. The average molecular weight is 217 g/mol. The minimum atomic E-state index is 0.760. The zero-order valence-electron chi connectivity index (χ0n) is 8.52. The van der Waals surface area contributed by atoms with Crippen molar-refractivity contribution in [1.29, 1.82) is 0 Å². The van der Waals surface area contributed by atoms with Gasteiger partial charge < -0.3 is 10.5 Å². The van der Waals surface area contributed by atoms with Gasteiger partial charge >= 0.3 is 0 Å². The molecule has 0 aliphatic heterocycles. The largest absolute Gasteiger partial charge is 0.497 e. The van der Waals surface area contributed by atoms with Crippen LogP contribution in [0, 0.1) is 0 Å². The molecular weight excluding hydrogens is 202 g/mol. The highest BCUT2D eigenvalue weighted by atomic mass is 32.2. The molecule has 0 unspecified atom stereocenters. The van der Waals surface area contributed by atoms with Crippen LogP contribution in [-0.2, 0) is 8.37 Å². The Morgan fingerprint density at radius 1 is 1.00 bits per heavy atom. The van der Waals surface area contributed by atoms with Gasteiger partial charge in [-0.1, -0.05) is 0 Å². The van der Waals surface area contributed by atoms with Gasteiger partial charge in [-0.05, 0) is 24.3 Å². The summed E-state index contributed by atoms with van der Waals surface area (Å²) in [5.74, 6) is 0.837. The lowest BCUT2D eigenvalue weighted by Crippen LogP contribution is -1.84. The first-order valence-corrected chi connectivity index (χ1v) is 4.54. The van der Waals surface area contributed by atoms with Gasteiger partial charge in [0.25, 0.3) is 0 Å². The predicted octanol–water partition coefficient (Wildman–Crippen LogP) is 2.12. The van der Waals surface area contributed by atoms with Crippen molar-refractivity contribution in [2.45, 2.75) is 0 Å². The zero-order valence-corrected chi connectivity index (χ0v) is 9.34. The van der Waals surface area contributed by atoms with Gasteiger partial charge in [0, 0.05) is 5.69 Å². The Morgan fingerprint density at radius 3 is 1.79 bits per heavy atom. The number of nitrogen functional groups attached to an aromatic ring is 1. The number of nitrogens with two attached hydrogens (primary N) is 1. The number of rotatable bonds is 3. The normalized spacial score (nSPS) is 8.79. The lowest BCUT2D eigenvalue weighted by molar-refractivity contribution is 0.386. The van der Waals surface area contributed by atoms with E-state index in [1.54, 1.807) is 33.5 Å². The highest BCUT2D eigenvalue weighted by Crippen LogP contribution is 2.11. The maximum atomic E-state index is 5.43. The van der Waals surface area contributed by atoms with Crippen molar-refractivity contribution in [2.24, 2.45) is 0 Å². The summed E-state index contributed by atoms with van der Waals surface area (Å²) in [7, 11) is 4.73. The molecule has 1 aromatic rings. The Bertz CT molecular complexity index is 226. The molecule has 0 aromatic heterocycles. The van der Waals surface area contributed by atoms with E-state index >= 15 is 0 Å². The Morgan fingerprint density at radius 2 is 1.50 bits per heavy atom. The summed E-state index contributed by atoms with van der Waals surface area (Å²) in [6.07, 6.45) is 0. The van der Waals surface area contributed by atoms with Crippen molar-refractivity contribution < 1.29 is 13.1 Å². The first-order chi connectivity index (χ1) is 6.74. The molecule has 0 heterocycles. The van der Waals surface area contributed by atoms with Crippen molar-refractivity contribution in [3.63, 3.8) is 0 Å². The summed E-state index contributed by atoms with van der Waals surface area (Å²) in [6, 6.07) is 7.27. The third-order valence-corrected chi connectivity index (χ3v) is 1.52. The van der Waals surface area contributed by atoms with Crippen LogP contribution in [0.25, 0.3) is 0 Å². The van der Waals surface area contributed by atoms with Gasteiger partial charge in [-0.25, -0.2) is 0 Å². The summed E-state index contributed by atoms with van der Waals surface area (Å²) >= 11 is 0.963. The third-order valence-electron chi connectivity index (χ3n) is 1.25. The van der Waals surface area contributed by atoms with Gasteiger partial charge in [0.05, 0.1) is 21.3 Å². The van der Waals surface area contributed by atoms with Crippen molar-refractivity contribution >= 4 is 18.0 Å². The summed E-state index contributed by atoms with van der Waals surface area (Å²) in [4.78, 5) is 0. The molecule has 5 heteroatoms. The lowest BCUT2D eigenvalue weighted by Gasteiger charge is -1.97. The van der Waals surface area contributed by atoms with Crippen LogP contribution in [0.4, 0.5) is 5.69 Å². The number of anilines is 1. The second-order valence-electron chi connectivity index (χ2n) is 2.17. The molecule has 0 fully saturated rings. The van der Waals surface area contributed by atoms with Gasteiger partial charge in [-0.2, -0.15) is 0 Å². The smallest absolute Gasteiger partial charge is 0.158 e. The highest BCUT2D eigenvalue weighted by molar-refractivity contribution is 7.89. The molecule has 0 amide bonds. The topological polar surface area (TPSA) is 53.7 Å². The molecule has 0 saturated heterocycles. The van der Waals surface area contributed by atoms with Crippen LogP contribution in [-0.4, -0.2) is 21.3 Å². The lowest BCUT2D eigenvalue weighted by atomic mass is 10.3. The highest BCUT2D eigenvalue weighted by Gasteiger charge is 1.86. The van der Waals surface area contributed by atoms with E-state index < -0.39 is 0 Å². The molecule has 0 radical (unpaired) electrons. The fourth-order valence-electron chi connectivity index (χ4n) is 0.672. The molecule has 2 N–H and O–H groups in total. The van der Waals surface area contributed by atoms with Gasteiger partial charge in [0.2, 0.25) is 0 Å². The van der Waals surface area contributed by atoms with Crippen LogP contribution < -0.4 is 10.5 Å². The molecule has 0 spiro atoms. The van der Waals surface area contributed by atoms with Crippen LogP contribution in [0.5, 0.6) is 5.75 Å². The molecule has 0 saturated carbocycles. The van der Waals surface area contributed by atoms with E-state index in [9.17, 15) is 0 Å². The first-order valence-electron chi connectivity index (χ1n) is 3.87. The Balaban J connectivity index is 0.000000292. The van der Waals surface area contributed by atoms with Gasteiger partial charge in [0.15, 0.2) is 12.3 Å². The quantitative estimate of drug-likeness (QED) is 0.621. The summed E-state index contributed by atoms with van der Waals surface area (Å²) < 4.78 is 13.7. The molecule has 4 nitrogen and oxygen atoms in total. The molecule has 0 aliphatic rings. The van der Waals surface area contributed by atoms with E-state index in [1.807, 2.05) is 12.1 Å². The van der Waals surface area contributed by atoms with E-state index in [4.69, 9.17) is 10.5 Å². The molecule has 80 valence electrons. The average Bonchev–Trinajstić information content (AvgIpc) is 2.21. The van der Waals surface area contributed by atoms with E-state index in [-0.39, 0.29) is 0 Å². The van der Waals surface area contributed by atoms with E-state index in [0.717, 1.165) is 23.8 Å². The molecule has 1 rings (SSSR count). The summed E-state index contributed by atoms with van der Waals surface area (Å²) in [5.41, 5.74) is 6.19. The number of benzene rings is 1. The van der Waals surface area contributed by atoms with Crippen molar-refractivity contribution in [3.05, 3.63) is 24.3 Å². The minimum absolute atomic E-state index is 0.760. The SMILES string of the molecule is COSOC.COc1ccc(N)cc1. The van der Waals surface area contributed by atoms with Crippen LogP contribution >= 0.6 is 12.3 Å². The molecule has 0 aliphatic carbocycles. The van der Waals surface area contributed by atoms with Crippen LogP contribution in [0.3, 0.4) is 0 Å². The monoisotopic (exact) mass is 217 g/mol. The summed E-state index contributed by atoms with van der Waals surface area (Å²) in [5, 5.41) is 0. The standard InChI is InChI=1S/C7H9NO.C2H6O2S/c1-9-7-4-2-6(8)3-5-7;1-3-5-4-2/h2-5H,8H2,1H3;1-2H3. The van der Waals surface area contributed by atoms with Crippen LogP contribution in [0.1, 0.15) is 0 Å². The Hall–Kier alpha value is -0.910. The Labute approximate surface area is 88.8 Å². The number of hydrogen-bond donors (Lipinski definition) is 1. The predicted molar refractivity (Wildman–Crippen MR) is 59.0 cm³/mol. The van der Waals surface area contributed by atoms with Gasteiger partial charge in [-0.15, -0.1) is 0 Å². The van der Waals surface area contributed by atoms with E-state index in [0.29, 0.717) is 0 Å². The van der Waals surface area contributed by atoms with Crippen LogP contribution in [0.15, 0.2) is 24.3 Å². The fraction of sp³-hybridized carbons (Fsp3) is 0.333. The van der Waals surface area contributed by atoms with Gasteiger partial charge in [-0.3, -0.25) is 8.37 Å². The second-order valence-corrected chi connectivity index (χ2v) is 2.98. The van der Waals surface area contributed by atoms with Gasteiger partial charge in [0.1, 0.15) is 5.75 Å². The minimum Gasteiger partial charge on any atom is -0.497 e. The van der Waals surface area contributed by atoms with E-state index in [2.05, 4.69) is 8.37 Å². The maximum absolute atomic E-state index is 5.43. The zero-order chi connectivity index (χ0) is 10.8. The van der Waals surface area contributed by atoms with Crippen molar-refractivity contribution in [1.82, 2.24) is 0 Å². The molecule has 0 atom stereocenters. The molecule has 14 heavy (non-hydrogen) atoms. The first kappa shape index (κ1) is 13.1. The van der Waals surface area contributed by atoms with Crippen LogP contribution in [0.2, 0.25) is 0 Å². The van der Waals surface area contributed by atoms with E-state index in [1.165, 1.54) is 0 Å². The Kier molecular flexibility index (Phi) is 8.11. The molecule has 0 bridgehead atoms. The van der Waals surface area contributed by atoms with Crippen molar-refractivity contribution in [3.8, 4) is 5.75 Å². The maximum Gasteiger partial charge on any atom is 0.158 e. The second kappa shape index (κ2) is 8.68. The number of methoxy groups -OCH3 is 1.